The zero-order valence-corrected chi connectivity index (χ0v) is 16.3. The van der Waals surface area contributed by atoms with E-state index in [2.05, 4.69) is 20.7 Å². The fourth-order valence-electron chi connectivity index (χ4n) is 2.98. The molecule has 156 valence electrons. The number of morpholine rings is 1. The SMILES string of the molecule is CC(=O)Nc1ccc(C(=O)N/N=C\c2cc([N+](=O)[O-])ccc2N2CCOCC2)cc1. The fourth-order valence-corrected chi connectivity index (χ4v) is 2.98. The van der Waals surface area contributed by atoms with E-state index in [-0.39, 0.29) is 11.6 Å². The van der Waals surface area contributed by atoms with Gasteiger partial charge in [-0.25, -0.2) is 5.43 Å². The van der Waals surface area contributed by atoms with Gasteiger partial charge in [0.2, 0.25) is 5.91 Å². The Morgan fingerprint density at radius 2 is 1.87 bits per heavy atom. The zero-order valence-electron chi connectivity index (χ0n) is 16.3. The number of ether oxygens (including phenoxy) is 1. The molecule has 1 aliphatic heterocycles. The van der Waals surface area contributed by atoms with Crippen LogP contribution in [0.5, 0.6) is 0 Å². The first-order valence-corrected chi connectivity index (χ1v) is 9.26. The zero-order chi connectivity index (χ0) is 21.5. The molecule has 30 heavy (non-hydrogen) atoms. The molecule has 0 spiro atoms. The van der Waals surface area contributed by atoms with Gasteiger partial charge in [0.1, 0.15) is 0 Å². The summed E-state index contributed by atoms with van der Waals surface area (Å²) in [5.41, 5.74) is 4.59. The lowest BCUT2D eigenvalue weighted by Crippen LogP contribution is -2.36. The van der Waals surface area contributed by atoms with E-state index in [4.69, 9.17) is 4.74 Å². The minimum atomic E-state index is -0.477. The van der Waals surface area contributed by atoms with Crippen molar-refractivity contribution in [1.29, 1.82) is 0 Å². The van der Waals surface area contributed by atoms with Crippen LogP contribution >= 0.6 is 0 Å². The number of nitro benzene ring substituents is 1. The third-order valence-corrected chi connectivity index (χ3v) is 4.41. The highest BCUT2D eigenvalue weighted by molar-refractivity contribution is 5.96. The summed E-state index contributed by atoms with van der Waals surface area (Å²) < 4.78 is 5.35. The van der Waals surface area contributed by atoms with Crippen LogP contribution in [0.25, 0.3) is 0 Å². The molecule has 3 rings (SSSR count). The number of nitrogens with one attached hydrogen (secondary N) is 2. The molecule has 2 amide bonds. The second kappa shape index (κ2) is 9.61. The van der Waals surface area contributed by atoms with Crippen LogP contribution in [0.1, 0.15) is 22.8 Å². The van der Waals surface area contributed by atoms with Crippen molar-refractivity contribution < 1.29 is 19.2 Å². The van der Waals surface area contributed by atoms with E-state index in [0.29, 0.717) is 43.1 Å². The third-order valence-electron chi connectivity index (χ3n) is 4.41. The number of amides is 2. The standard InChI is InChI=1S/C20H21N5O5/c1-14(26)22-17-4-2-15(3-5-17)20(27)23-21-13-16-12-18(25(28)29)6-7-19(16)24-8-10-30-11-9-24/h2-7,12-13H,8-11H2,1H3,(H,22,26)(H,23,27)/b21-13-. The van der Waals surface area contributed by atoms with Gasteiger partial charge >= 0.3 is 0 Å². The summed E-state index contributed by atoms with van der Waals surface area (Å²) in [6.07, 6.45) is 1.39. The van der Waals surface area contributed by atoms with Crippen LogP contribution in [-0.2, 0) is 9.53 Å². The lowest BCUT2D eigenvalue weighted by atomic mass is 10.1. The number of carbonyl (C=O) groups is 2. The molecule has 0 aromatic heterocycles. The molecule has 0 radical (unpaired) electrons. The molecule has 1 fully saturated rings. The number of nitro groups is 1. The van der Waals surface area contributed by atoms with Gasteiger partial charge in [0, 0.05) is 54.6 Å². The second-order valence-electron chi connectivity index (χ2n) is 6.56. The van der Waals surface area contributed by atoms with Crippen LogP contribution in [0.15, 0.2) is 47.6 Å². The average Bonchev–Trinajstić information content (AvgIpc) is 2.74. The molecule has 0 saturated carbocycles. The van der Waals surface area contributed by atoms with Gasteiger partial charge in [-0.05, 0) is 30.3 Å². The maximum absolute atomic E-state index is 12.3. The van der Waals surface area contributed by atoms with E-state index in [9.17, 15) is 19.7 Å². The number of carbonyl (C=O) groups excluding carboxylic acids is 2. The van der Waals surface area contributed by atoms with Gasteiger partial charge in [0.05, 0.1) is 24.4 Å². The summed E-state index contributed by atoms with van der Waals surface area (Å²) in [6.45, 7) is 3.85. The summed E-state index contributed by atoms with van der Waals surface area (Å²) in [5, 5.41) is 17.7. The molecule has 1 heterocycles. The lowest BCUT2D eigenvalue weighted by Gasteiger charge is -2.29. The molecule has 0 atom stereocenters. The Kier molecular flexibility index (Phi) is 6.71. The molecule has 1 saturated heterocycles. The van der Waals surface area contributed by atoms with Crippen molar-refractivity contribution in [3.63, 3.8) is 0 Å². The largest absolute Gasteiger partial charge is 0.378 e. The van der Waals surface area contributed by atoms with Crippen LogP contribution in [0, 0.1) is 10.1 Å². The van der Waals surface area contributed by atoms with Gasteiger partial charge in [0.25, 0.3) is 11.6 Å². The molecular formula is C20H21N5O5. The van der Waals surface area contributed by atoms with E-state index >= 15 is 0 Å². The van der Waals surface area contributed by atoms with Crippen molar-refractivity contribution in [3.8, 4) is 0 Å². The molecular weight excluding hydrogens is 390 g/mol. The summed E-state index contributed by atoms with van der Waals surface area (Å²) in [5.74, 6) is -0.649. The van der Waals surface area contributed by atoms with E-state index < -0.39 is 10.8 Å². The van der Waals surface area contributed by atoms with Crippen LogP contribution in [0.3, 0.4) is 0 Å². The molecule has 1 aliphatic rings. The minimum Gasteiger partial charge on any atom is -0.378 e. The summed E-state index contributed by atoms with van der Waals surface area (Å²) in [7, 11) is 0. The molecule has 2 N–H and O–H groups in total. The predicted molar refractivity (Wildman–Crippen MR) is 112 cm³/mol. The Bertz CT molecular complexity index is 968. The average molecular weight is 411 g/mol. The first-order chi connectivity index (χ1) is 14.4. The number of hydrazone groups is 1. The van der Waals surface area contributed by atoms with Crippen molar-refractivity contribution in [2.75, 3.05) is 36.5 Å². The topological polar surface area (TPSA) is 126 Å². The number of hydrogen-bond donors (Lipinski definition) is 2. The van der Waals surface area contributed by atoms with Crippen LogP contribution in [0.4, 0.5) is 17.1 Å². The molecule has 2 aromatic rings. The fraction of sp³-hybridized carbons (Fsp3) is 0.250. The van der Waals surface area contributed by atoms with Crippen molar-refractivity contribution in [1.82, 2.24) is 5.43 Å². The first-order valence-electron chi connectivity index (χ1n) is 9.26. The Morgan fingerprint density at radius 3 is 2.50 bits per heavy atom. The van der Waals surface area contributed by atoms with Crippen LogP contribution in [0.2, 0.25) is 0 Å². The molecule has 10 nitrogen and oxygen atoms in total. The number of nitrogens with zero attached hydrogens (tertiary/aromatic N) is 3. The molecule has 0 bridgehead atoms. The highest BCUT2D eigenvalue weighted by Crippen LogP contribution is 2.25. The summed E-state index contributed by atoms with van der Waals surface area (Å²) in [4.78, 5) is 36.0. The van der Waals surface area contributed by atoms with Crippen molar-refractivity contribution >= 4 is 35.1 Å². The van der Waals surface area contributed by atoms with E-state index in [0.717, 1.165) is 5.69 Å². The van der Waals surface area contributed by atoms with Gasteiger partial charge in [0.15, 0.2) is 0 Å². The van der Waals surface area contributed by atoms with E-state index in [1.165, 1.54) is 25.3 Å². The highest BCUT2D eigenvalue weighted by Gasteiger charge is 2.17. The van der Waals surface area contributed by atoms with Gasteiger partial charge in [-0.15, -0.1) is 0 Å². The van der Waals surface area contributed by atoms with Crippen molar-refractivity contribution in [3.05, 3.63) is 63.7 Å². The molecule has 2 aromatic carbocycles. The molecule has 0 unspecified atom stereocenters. The smallest absolute Gasteiger partial charge is 0.271 e. The maximum atomic E-state index is 12.3. The number of rotatable bonds is 6. The molecule has 10 heteroatoms. The number of benzene rings is 2. The first kappa shape index (κ1) is 20.9. The second-order valence-corrected chi connectivity index (χ2v) is 6.56. The van der Waals surface area contributed by atoms with Gasteiger partial charge in [-0.3, -0.25) is 19.7 Å². The number of hydrogen-bond acceptors (Lipinski definition) is 7. The lowest BCUT2D eigenvalue weighted by molar-refractivity contribution is -0.384. The third kappa shape index (κ3) is 5.39. The van der Waals surface area contributed by atoms with Crippen molar-refractivity contribution in [2.45, 2.75) is 6.92 Å². The summed E-state index contributed by atoms with van der Waals surface area (Å²) >= 11 is 0. The predicted octanol–water partition coefficient (Wildman–Crippen LogP) is 2.15. The summed E-state index contributed by atoms with van der Waals surface area (Å²) in [6, 6.07) is 10.9. The van der Waals surface area contributed by atoms with Gasteiger partial charge in [-0.1, -0.05) is 0 Å². The Balaban J connectivity index is 1.73. The van der Waals surface area contributed by atoms with E-state index in [1.807, 2.05) is 0 Å². The minimum absolute atomic E-state index is 0.0617. The Labute approximate surface area is 172 Å². The Hall–Kier alpha value is -3.79. The monoisotopic (exact) mass is 411 g/mol. The highest BCUT2D eigenvalue weighted by atomic mass is 16.6. The number of anilines is 2. The van der Waals surface area contributed by atoms with Crippen LogP contribution in [-0.4, -0.2) is 49.3 Å². The van der Waals surface area contributed by atoms with Gasteiger partial charge in [-0.2, -0.15) is 5.10 Å². The van der Waals surface area contributed by atoms with Gasteiger partial charge < -0.3 is 15.0 Å². The molecule has 0 aliphatic carbocycles. The Morgan fingerprint density at radius 1 is 1.17 bits per heavy atom. The quantitative estimate of drug-likeness (QED) is 0.426. The number of non-ortho nitro benzene ring substituents is 1. The normalized spacial score (nSPS) is 13.8. The van der Waals surface area contributed by atoms with Crippen LogP contribution < -0.4 is 15.6 Å². The maximum Gasteiger partial charge on any atom is 0.271 e. The van der Waals surface area contributed by atoms with E-state index in [1.54, 1.807) is 30.3 Å². The van der Waals surface area contributed by atoms with Crippen molar-refractivity contribution in [2.24, 2.45) is 5.10 Å².